The van der Waals surface area contributed by atoms with Gasteiger partial charge in [0.2, 0.25) is 0 Å². The molecule has 0 N–H and O–H groups in total. The fourth-order valence-electron chi connectivity index (χ4n) is 2.16. The highest BCUT2D eigenvalue weighted by molar-refractivity contribution is 6.61. The molecular weight excluding hydrogens is 295 g/mol. The minimum absolute atomic E-state index is 0.328. The maximum absolute atomic E-state index is 12.0. The Kier molecular flexibility index (Phi) is 4.56. The summed E-state index contributed by atoms with van der Waals surface area (Å²) in [6.45, 7) is 13.6. The van der Waals surface area contributed by atoms with Gasteiger partial charge in [0.05, 0.1) is 17.8 Å². The highest BCUT2D eigenvalue weighted by Crippen LogP contribution is 2.36. The molecule has 1 aliphatic rings. The van der Waals surface area contributed by atoms with Crippen LogP contribution >= 0.6 is 0 Å². The van der Waals surface area contributed by atoms with Gasteiger partial charge in [-0.1, -0.05) is 0 Å². The smallest absolute Gasteiger partial charge is 0.465 e. The molecule has 1 aliphatic heterocycles. The molecule has 6 nitrogen and oxygen atoms in total. The van der Waals surface area contributed by atoms with Crippen LogP contribution in [0.4, 0.5) is 0 Å². The monoisotopic (exact) mass is 320 g/mol. The van der Waals surface area contributed by atoms with Crippen LogP contribution in [0.15, 0.2) is 12.4 Å². The maximum Gasteiger partial charge on any atom is 0.498 e. The summed E-state index contributed by atoms with van der Waals surface area (Å²) in [7, 11) is -0.514. The highest BCUT2D eigenvalue weighted by atomic mass is 16.7. The third-order valence-corrected chi connectivity index (χ3v) is 4.54. The SMILES string of the molecule is CCOC(=O)C(C)(C)c1ncc(B2OC(C)(C)C(C)(C)O2)cn1. The van der Waals surface area contributed by atoms with Crippen molar-refractivity contribution >= 4 is 18.6 Å². The van der Waals surface area contributed by atoms with E-state index in [0.717, 1.165) is 5.46 Å². The zero-order valence-electron chi connectivity index (χ0n) is 15.0. The molecule has 1 aromatic rings. The Morgan fingerprint density at radius 1 is 1.17 bits per heavy atom. The van der Waals surface area contributed by atoms with Gasteiger partial charge in [0.1, 0.15) is 11.2 Å². The highest BCUT2D eigenvalue weighted by Gasteiger charge is 2.52. The number of hydrogen-bond acceptors (Lipinski definition) is 6. The molecule has 126 valence electrons. The molecule has 0 atom stereocenters. The number of carbonyl (C=O) groups excluding carboxylic acids is 1. The number of nitrogens with zero attached hydrogens (tertiary/aromatic N) is 2. The molecule has 0 amide bonds. The molecule has 0 aromatic carbocycles. The van der Waals surface area contributed by atoms with E-state index in [2.05, 4.69) is 9.97 Å². The Hall–Kier alpha value is -1.47. The van der Waals surface area contributed by atoms with Crippen molar-refractivity contribution in [3.05, 3.63) is 18.2 Å². The van der Waals surface area contributed by atoms with Crippen molar-refractivity contribution in [3.63, 3.8) is 0 Å². The van der Waals surface area contributed by atoms with Crippen molar-refractivity contribution in [3.8, 4) is 0 Å². The van der Waals surface area contributed by atoms with Gasteiger partial charge < -0.3 is 14.0 Å². The fraction of sp³-hybridized carbons (Fsp3) is 0.688. The van der Waals surface area contributed by atoms with Crippen LogP contribution in [0.2, 0.25) is 0 Å². The van der Waals surface area contributed by atoms with Gasteiger partial charge >= 0.3 is 13.1 Å². The molecule has 0 saturated carbocycles. The minimum Gasteiger partial charge on any atom is -0.465 e. The first-order chi connectivity index (χ1) is 10.5. The summed E-state index contributed by atoms with van der Waals surface area (Å²) in [5.74, 6) is 0.0691. The first-order valence-corrected chi connectivity index (χ1v) is 7.86. The summed E-state index contributed by atoms with van der Waals surface area (Å²) in [6.07, 6.45) is 3.29. The van der Waals surface area contributed by atoms with Gasteiger partial charge in [0.15, 0.2) is 0 Å². The Balaban J connectivity index is 2.20. The predicted octanol–water partition coefficient (Wildman–Crippen LogP) is 1.62. The molecule has 0 spiro atoms. The van der Waals surface area contributed by atoms with E-state index in [1.165, 1.54) is 0 Å². The Bertz CT molecular complexity index is 568. The standard InChI is InChI=1S/C16H25BN2O4/c1-8-21-13(20)14(2,3)12-18-9-11(10-19-12)17-22-15(4,5)16(6,7)23-17/h9-10H,8H2,1-7H3. The van der Waals surface area contributed by atoms with Gasteiger partial charge in [-0.25, -0.2) is 9.97 Å². The van der Waals surface area contributed by atoms with Crippen LogP contribution in [-0.4, -0.2) is 40.9 Å². The second-order valence-corrected chi connectivity index (χ2v) is 7.27. The number of rotatable bonds is 4. The molecule has 1 fully saturated rings. The zero-order chi connectivity index (χ0) is 17.5. The van der Waals surface area contributed by atoms with E-state index in [1.54, 1.807) is 33.2 Å². The van der Waals surface area contributed by atoms with E-state index in [1.807, 2.05) is 27.7 Å². The zero-order valence-corrected chi connectivity index (χ0v) is 15.0. The van der Waals surface area contributed by atoms with Gasteiger partial charge in [-0.15, -0.1) is 0 Å². The molecule has 1 aromatic heterocycles. The Labute approximate surface area is 138 Å². The first-order valence-electron chi connectivity index (χ1n) is 7.86. The van der Waals surface area contributed by atoms with Crippen LogP contribution < -0.4 is 5.46 Å². The molecule has 2 rings (SSSR count). The number of aromatic nitrogens is 2. The lowest BCUT2D eigenvalue weighted by Gasteiger charge is -2.32. The van der Waals surface area contributed by atoms with Crippen LogP contribution in [0.1, 0.15) is 54.3 Å². The summed E-state index contributed by atoms with van der Waals surface area (Å²) in [6, 6.07) is 0. The van der Waals surface area contributed by atoms with E-state index in [4.69, 9.17) is 14.0 Å². The van der Waals surface area contributed by atoms with E-state index in [-0.39, 0.29) is 5.97 Å². The molecule has 0 unspecified atom stereocenters. The molecule has 0 radical (unpaired) electrons. The summed E-state index contributed by atoms with van der Waals surface area (Å²) in [4.78, 5) is 20.7. The van der Waals surface area contributed by atoms with Crippen LogP contribution in [-0.2, 0) is 24.3 Å². The van der Waals surface area contributed by atoms with Gasteiger partial charge in [0.25, 0.3) is 0 Å². The normalized spacial score (nSPS) is 19.7. The van der Waals surface area contributed by atoms with Crippen molar-refractivity contribution < 1.29 is 18.8 Å². The largest absolute Gasteiger partial charge is 0.498 e. The van der Waals surface area contributed by atoms with Crippen molar-refractivity contribution in [1.82, 2.24) is 9.97 Å². The van der Waals surface area contributed by atoms with E-state index in [0.29, 0.717) is 12.4 Å². The maximum atomic E-state index is 12.0. The Morgan fingerprint density at radius 3 is 2.09 bits per heavy atom. The van der Waals surface area contributed by atoms with Crippen molar-refractivity contribution in [2.45, 2.75) is 65.1 Å². The van der Waals surface area contributed by atoms with Crippen LogP contribution in [0.5, 0.6) is 0 Å². The third kappa shape index (κ3) is 3.26. The minimum atomic E-state index is -0.898. The number of ether oxygens (including phenoxy) is 1. The topological polar surface area (TPSA) is 70.5 Å². The Morgan fingerprint density at radius 2 is 1.65 bits per heavy atom. The molecule has 23 heavy (non-hydrogen) atoms. The molecular formula is C16H25BN2O4. The summed E-state index contributed by atoms with van der Waals surface area (Å²) in [5, 5.41) is 0. The van der Waals surface area contributed by atoms with Crippen LogP contribution in [0.3, 0.4) is 0 Å². The number of esters is 1. The van der Waals surface area contributed by atoms with Crippen molar-refractivity contribution in [2.75, 3.05) is 6.61 Å². The van der Waals surface area contributed by atoms with Crippen molar-refractivity contribution in [1.29, 1.82) is 0 Å². The third-order valence-electron chi connectivity index (χ3n) is 4.54. The summed E-state index contributed by atoms with van der Waals surface area (Å²) in [5.41, 5.74) is -1.00. The van der Waals surface area contributed by atoms with Crippen LogP contribution in [0.25, 0.3) is 0 Å². The lowest BCUT2D eigenvalue weighted by molar-refractivity contribution is -0.149. The number of hydrogen-bond donors (Lipinski definition) is 0. The summed E-state index contributed by atoms with van der Waals surface area (Å²) >= 11 is 0. The molecule has 7 heteroatoms. The quantitative estimate of drug-likeness (QED) is 0.620. The molecule has 0 aliphatic carbocycles. The van der Waals surface area contributed by atoms with Crippen molar-refractivity contribution in [2.24, 2.45) is 0 Å². The van der Waals surface area contributed by atoms with E-state index < -0.39 is 23.7 Å². The second kappa shape index (κ2) is 5.87. The molecule has 2 heterocycles. The predicted molar refractivity (Wildman–Crippen MR) is 87.4 cm³/mol. The number of carbonyl (C=O) groups is 1. The van der Waals surface area contributed by atoms with E-state index >= 15 is 0 Å². The molecule has 1 saturated heterocycles. The van der Waals surface area contributed by atoms with Gasteiger partial charge in [-0.3, -0.25) is 4.79 Å². The van der Waals surface area contributed by atoms with Gasteiger partial charge in [-0.05, 0) is 48.5 Å². The average Bonchev–Trinajstić information content (AvgIpc) is 2.68. The van der Waals surface area contributed by atoms with Gasteiger partial charge in [0, 0.05) is 17.9 Å². The van der Waals surface area contributed by atoms with E-state index in [9.17, 15) is 4.79 Å². The fourth-order valence-corrected chi connectivity index (χ4v) is 2.16. The first kappa shape index (κ1) is 17.9. The lowest BCUT2D eigenvalue weighted by Crippen LogP contribution is -2.41. The molecule has 0 bridgehead atoms. The average molecular weight is 320 g/mol. The summed E-state index contributed by atoms with van der Waals surface area (Å²) < 4.78 is 17.0. The lowest BCUT2D eigenvalue weighted by atomic mass is 9.81. The van der Waals surface area contributed by atoms with Crippen LogP contribution in [0, 0.1) is 0 Å². The van der Waals surface area contributed by atoms with Gasteiger partial charge in [-0.2, -0.15) is 0 Å². The second-order valence-electron chi connectivity index (χ2n) is 7.27.